The van der Waals surface area contributed by atoms with E-state index >= 15 is 0 Å². The third-order valence-corrected chi connectivity index (χ3v) is 6.73. The zero-order valence-electron chi connectivity index (χ0n) is 17.8. The van der Waals surface area contributed by atoms with Crippen LogP contribution in [0.2, 0.25) is 0 Å². The predicted molar refractivity (Wildman–Crippen MR) is 113 cm³/mol. The quantitative estimate of drug-likeness (QED) is 0.758. The van der Waals surface area contributed by atoms with E-state index in [0.29, 0.717) is 24.7 Å². The minimum atomic E-state index is -0.934. The third kappa shape index (κ3) is 4.06. The van der Waals surface area contributed by atoms with E-state index in [-0.39, 0.29) is 24.0 Å². The van der Waals surface area contributed by atoms with Gasteiger partial charge in [-0.15, -0.1) is 0 Å². The van der Waals surface area contributed by atoms with Gasteiger partial charge in [0.05, 0.1) is 11.9 Å². The second-order valence-electron chi connectivity index (χ2n) is 9.14. The molecule has 2 N–H and O–H groups in total. The molecule has 4 aliphatic rings. The molecule has 0 radical (unpaired) electrons. The lowest BCUT2D eigenvalue weighted by Crippen LogP contribution is -2.48. The van der Waals surface area contributed by atoms with E-state index in [1.165, 1.54) is 11.1 Å². The third-order valence-electron chi connectivity index (χ3n) is 6.73. The van der Waals surface area contributed by atoms with Crippen molar-refractivity contribution in [3.05, 3.63) is 46.3 Å². The van der Waals surface area contributed by atoms with E-state index in [1.54, 1.807) is 6.08 Å². The van der Waals surface area contributed by atoms with Crippen LogP contribution < -0.4 is 0 Å². The van der Waals surface area contributed by atoms with Crippen LogP contribution in [0.1, 0.15) is 26.7 Å². The Kier molecular flexibility index (Phi) is 5.69. The van der Waals surface area contributed by atoms with Crippen molar-refractivity contribution in [1.82, 2.24) is 14.7 Å². The van der Waals surface area contributed by atoms with Crippen molar-refractivity contribution in [2.24, 2.45) is 5.92 Å². The number of aliphatic hydroxyl groups is 2. The number of rotatable bonds is 3. The molecular formula is C23H33N3O3. The van der Waals surface area contributed by atoms with Gasteiger partial charge < -0.3 is 20.0 Å². The van der Waals surface area contributed by atoms with Crippen LogP contribution in [0.4, 0.5) is 0 Å². The molecule has 1 fully saturated rings. The number of allylic oxidation sites excluding steroid dienone is 2. The highest BCUT2D eigenvalue weighted by Crippen LogP contribution is 2.33. The molecule has 0 aromatic carbocycles. The standard InChI is InChI=1S/C23H33N3O3/c1-15(2)19-11-20(22(28)12-21(19)27)23(29)26-13-16-4-5-18(10-17(16)14-26)25-8-6-24(3)7-9-25/h4-5,11,15,18,22,27-28H,6-10,12-14H2,1-3H3. The van der Waals surface area contributed by atoms with E-state index in [1.807, 2.05) is 18.7 Å². The smallest absolute Gasteiger partial charge is 0.253 e. The Morgan fingerprint density at radius 2 is 1.86 bits per heavy atom. The Labute approximate surface area is 173 Å². The van der Waals surface area contributed by atoms with Crippen molar-refractivity contribution >= 4 is 5.91 Å². The molecule has 1 saturated heterocycles. The van der Waals surface area contributed by atoms with Gasteiger partial charge in [-0.2, -0.15) is 0 Å². The number of likely N-dealkylation sites (N-methyl/N-ethyl adjacent to an activating group) is 1. The van der Waals surface area contributed by atoms with E-state index < -0.39 is 6.10 Å². The fourth-order valence-electron chi connectivity index (χ4n) is 4.81. The van der Waals surface area contributed by atoms with Crippen LogP contribution in [0.5, 0.6) is 0 Å². The van der Waals surface area contributed by atoms with Crippen molar-refractivity contribution in [2.75, 3.05) is 46.3 Å². The minimum Gasteiger partial charge on any atom is -0.512 e. The van der Waals surface area contributed by atoms with Crippen LogP contribution in [0.25, 0.3) is 0 Å². The summed E-state index contributed by atoms with van der Waals surface area (Å²) in [6.45, 7) is 9.60. The topological polar surface area (TPSA) is 67.2 Å². The first kappa shape index (κ1) is 20.4. The maximum atomic E-state index is 13.2. The zero-order chi connectivity index (χ0) is 20.7. The van der Waals surface area contributed by atoms with Gasteiger partial charge in [-0.05, 0) is 42.2 Å². The molecule has 4 rings (SSSR count). The summed E-state index contributed by atoms with van der Waals surface area (Å²) in [7, 11) is 2.17. The highest BCUT2D eigenvalue weighted by molar-refractivity contribution is 5.96. The number of carbonyl (C=O) groups is 1. The highest BCUT2D eigenvalue weighted by atomic mass is 16.3. The molecule has 158 valence electrons. The van der Waals surface area contributed by atoms with Crippen LogP contribution in [-0.2, 0) is 4.79 Å². The minimum absolute atomic E-state index is 0.109. The van der Waals surface area contributed by atoms with Crippen molar-refractivity contribution in [2.45, 2.75) is 38.8 Å². The summed E-state index contributed by atoms with van der Waals surface area (Å²) in [6.07, 6.45) is 6.38. The first-order chi connectivity index (χ1) is 13.8. The lowest BCUT2D eigenvalue weighted by atomic mass is 9.89. The average molecular weight is 400 g/mol. The first-order valence-corrected chi connectivity index (χ1v) is 10.8. The van der Waals surface area contributed by atoms with E-state index in [9.17, 15) is 15.0 Å². The highest BCUT2D eigenvalue weighted by Gasteiger charge is 2.35. The number of piperazine rings is 1. The SMILES string of the molecule is CC(C)C1=C(O)CC(O)C(C(=O)N2CC3=C(CC(N4CCN(C)CC4)C=C3)C2)=C1. The molecule has 2 atom stereocenters. The molecule has 2 unspecified atom stereocenters. The molecule has 0 saturated carbocycles. The van der Waals surface area contributed by atoms with E-state index in [4.69, 9.17) is 0 Å². The maximum absolute atomic E-state index is 13.2. The fraction of sp³-hybridized carbons (Fsp3) is 0.609. The number of hydrogen-bond acceptors (Lipinski definition) is 5. The van der Waals surface area contributed by atoms with Gasteiger partial charge in [0.1, 0.15) is 0 Å². The number of aliphatic hydroxyl groups excluding tert-OH is 2. The molecule has 0 spiro atoms. The molecule has 0 bridgehead atoms. The number of carbonyl (C=O) groups excluding carboxylic acids is 1. The Balaban J connectivity index is 1.43. The van der Waals surface area contributed by atoms with Gasteiger partial charge in [0.25, 0.3) is 5.91 Å². The van der Waals surface area contributed by atoms with Crippen LogP contribution in [0.15, 0.2) is 46.3 Å². The zero-order valence-corrected chi connectivity index (χ0v) is 17.8. The Morgan fingerprint density at radius 3 is 2.55 bits per heavy atom. The van der Waals surface area contributed by atoms with Gasteiger partial charge >= 0.3 is 0 Å². The van der Waals surface area contributed by atoms with Crippen LogP contribution in [-0.4, -0.2) is 89.3 Å². The number of nitrogens with zero attached hydrogens (tertiary/aromatic N) is 3. The van der Waals surface area contributed by atoms with Gasteiger partial charge in [-0.25, -0.2) is 0 Å². The lowest BCUT2D eigenvalue weighted by molar-refractivity contribution is -0.127. The second-order valence-corrected chi connectivity index (χ2v) is 9.14. The van der Waals surface area contributed by atoms with Gasteiger partial charge in [-0.1, -0.05) is 26.0 Å². The van der Waals surface area contributed by atoms with Gasteiger partial charge in [0.15, 0.2) is 0 Å². The molecule has 2 aliphatic heterocycles. The molecule has 0 aromatic heterocycles. The summed E-state index contributed by atoms with van der Waals surface area (Å²) in [5, 5.41) is 20.6. The van der Waals surface area contributed by atoms with Crippen LogP contribution in [0.3, 0.4) is 0 Å². The molecule has 6 nitrogen and oxygen atoms in total. The summed E-state index contributed by atoms with van der Waals surface area (Å²) < 4.78 is 0. The largest absolute Gasteiger partial charge is 0.512 e. The number of hydrogen-bond donors (Lipinski definition) is 2. The van der Waals surface area contributed by atoms with Gasteiger partial charge in [0, 0.05) is 57.3 Å². The average Bonchev–Trinajstić information content (AvgIpc) is 3.11. The van der Waals surface area contributed by atoms with Gasteiger partial charge in [-0.3, -0.25) is 9.69 Å². The fourth-order valence-corrected chi connectivity index (χ4v) is 4.81. The van der Waals surface area contributed by atoms with Crippen molar-refractivity contribution in [3.8, 4) is 0 Å². The van der Waals surface area contributed by atoms with E-state index in [2.05, 4.69) is 29.0 Å². The van der Waals surface area contributed by atoms with Gasteiger partial charge in [0.2, 0.25) is 0 Å². The van der Waals surface area contributed by atoms with Crippen LogP contribution >= 0.6 is 0 Å². The molecule has 2 aliphatic carbocycles. The summed E-state index contributed by atoms with van der Waals surface area (Å²) in [5.74, 6) is 0.199. The normalized spacial score (nSPS) is 29.0. The van der Waals surface area contributed by atoms with Crippen molar-refractivity contribution in [1.29, 1.82) is 0 Å². The van der Waals surface area contributed by atoms with Crippen LogP contribution in [0, 0.1) is 5.92 Å². The second kappa shape index (κ2) is 8.09. The monoisotopic (exact) mass is 399 g/mol. The maximum Gasteiger partial charge on any atom is 0.253 e. The van der Waals surface area contributed by atoms with Crippen molar-refractivity contribution < 1.29 is 15.0 Å². The first-order valence-electron chi connectivity index (χ1n) is 10.8. The Morgan fingerprint density at radius 1 is 1.14 bits per heavy atom. The van der Waals surface area contributed by atoms with E-state index in [0.717, 1.165) is 38.2 Å². The molecule has 0 aromatic rings. The number of amides is 1. The summed E-state index contributed by atoms with van der Waals surface area (Å²) >= 11 is 0. The predicted octanol–water partition coefficient (Wildman–Crippen LogP) is 1.86. The molecule has 2 heterocycles. The Bertz CT molecular complexity index is 800. The van der Waals surface area contributed by atoms with Crippen molar-refractivity contribution in [3.63, 3.8) is 0 Å². The summed E-state index contributed by atoms with van der Waals surface area (Å²) in [5.41, 5.74) is 3.76. The molecule has 29 heavy (non-hydrogen) atoms. The molecule has 1 amide bonds. The Hall–Kier alpha value is -1.89. The lowest BCUT2D eigenvalue weighted by Gasteiger charge is -2.38. The summed E-state index contributed by atoms with van der Waals surface area (Å²) in [6, 6.07) is 0.421. The summed E-state index contributed by atoms with van der Waals surface area (Å²) in [4.78, 5) is 19.9. The molecular weight excluding hydrogens is 366 g/mol. The molecule has 6 heteroatoms.